The molecule has 4 nitrogen and oxygen atoms in total. The fourth-order valence-electron chi connectivity index (χ4n) is 1.18. The minimum absolute atomic E-state index is 0.121. The van der Waals surface area contributed by atoms with Gasteiger partial charge in [-0.3, -0.25) is 0 Å². The second-order valence-electron chi connectivity index (χ2n) is 2.98. The molecule has 1 aromatic carbocycles. The highest BCUT2D eigenvalue weighted by atomic mass is 19.1. The van der Waals surface area contributed by atoms with Crippen LogP contribution in [0.25, 0.3) is 0 Å². The van der Waals surface area contributed by atoms with Crippen LogP contribution in [0.4, 0.5) is 4.39 Å². The van der Waals surface area contributed by atoms with Crippen LogP contribution >= 0.6 is 0 Å². The number of methoxy groups -OCH3 is 3. The Balaban J connectivity index is 2.85. The van der Waals surface area contributed by atoms with Gasteiger partial charge in [0.15, 0.2) is 23.1 Å². The Labute approximate surface area is 93.9 Å². The van der Waals surface area contributed by atoms with E-state index in [1.54, 1.807) is 7.11 Å². The molecule has 0 fully saturated rings. The molecule has 0 aliphatic carbocycles. The van der Waals surface area contributed by atoms with Gasteiger partial charge in [-0.05, 0) is 0 Å². The van der Waals surface area contributed by atoms with Crippen molar-refractivity contribution in [3.8, 4) is 17.2 Å². The van der Waals surface area contributed by atoms with Crippen molar-refractivity contribution < 1.29 is 23.3 Å². The summed E-state index contributed by atoms with van der Waals surface area (Å²) in [6.45, 7) is 0.759. The molecule has 1 aromatic rings. The van der Waals surface area contributed by atoms with Crippen molar-refractivity contribution in [2.75, 3.05) is 34.5 Å². The summed E-state index contributed by atoms with van der Waals surface area (Å²) in [6, 6.07) is 2.67. The summed E-state index contributed by atoms with van der Waals surface area (Å²) in [5, 5.41) is 0. The van der Waals surface area contributed by atoms with E-state index in [0.717, 1.165) is 0 Å². The van der Waals surface area contributed by atoms with Crippen LogP contribution in [0.5, 0.6) is 17.2 Å². The molecule has 0 saturated carbocycles. The van der Waals surface area contributed by atoms with Crippen LogP contribution < -0.4 is 14.2 Å². The van der Waals surface area contributed by atoms with Crippen LogP contribution in [0.2, 0.25) is 0 Å². The van der Waals surface area contributed by atoms with E-state index in [0.29, 0.717) is 24.7 Å². The summed E-state index contributed by atoms with van der Waals surface area (Å²) in [6.07, 6.45) is 0. The second kappa shape index (κ2) is 6.17. The molecule has 16 heavy (non-hydrogen) atoms. The molecule has 0 radical (unpaired) electrons. The minimum atomic E-state index is -0.490. The third kappa shape index (κ3) is 3.00. The normalized spacial score (nSPS) is 10.0. The fourth-order valence-corrected chi connectivity index (χ4v) is 1.18. The molecule has 90 valence electrons. The van der Waals surface area contributed by atoms with Crippen molar-refractivity contribution in [3.63, 3.8) is 0 Å². The zero-order chi connectivity index (χ0) is 12.0. The first-order valence-corrected chi connectivity index (χ1v) is 4.76. The first kappa shape index (κ1) is 12.6. The standard InChI is InChI=1S/C11H15FO4/c1-13-4-5-16-11-6-8(12)9(14-2)7-10(11)15-3/h6-7H,4-5H2,1-3H3. The number of hydrogen-bond donors (Lipinski definition) is 0. The molecule has 0 spiro atoms. The molecule has 0 aromatic heterocycles. The minimum Gasteiger partial charge on any atom is -0.494 e. The first-order chi connectivity index (χ1) is 7.72. The summed E-state index contributed by atoms with van der Waals surface area (Å²) in [4.78, 5) is 0. The van der Waals surface area contributed by atoms with Crippen LogP contribution in [0, 0.1) is 5.82 Å². The molecule has 0 amide bonds. The number of ether oxygens (including phenoxy) is 4. The van der Waals surface area contributed by atoms with Crippen LogP contribution in [-0.4, -0.2) is 34.5 Å². The van der Waals surface area contributed by atoms with Crippen molar-refractivity contribution in [2.24, 2.45) is 0 Å². The highest BCUT2D eigenvalue weighted by Crippen LogP contribution is 2.33. The molecular formula is C11H15FO4. The van der Waals surface area contributed by atoms with Crippen molar-refractivity contribution in [1.82, 2.24) is 0 Å². The molecule has 0 aliphatic heterocycles. The van der Waals surface area contributed by atoms with Crippen LogP contribution in [0.15, 0.2) is 12.1 Å². The van der Waals surface area contributed by atoms with Gasteiger partial charge in [0.1, 0.15) is 6.61 Å². The Morgan fingerprint density at radius 1 is 0.938 bits per heavy atom. The monoisotopic (exact) mass is 230 g/mol. The molecular weight excluding hydrogens is 215 g/mol. The van der Waals surface area contributed by atoms with Crippen molar-refractivity contribution in [1.29, 1.82) is 0 Å². The van der Waals surface area contributed by atoms with E-state index >= 15 is 0 Å². The van der Waals surface area contributed by atoms with Gasteiger partial charge in [0.05, 0.1) is 20.8 Å². The molecule has 0 aliphatic rings. The number of benzene rings is 1. The Hall–Kier alpha value is -1.49. The maximum atomic E-state index is 13.4. The summed E-state index contributed by atoms with van der Waals surface area (Å²) in [5.41, 5.74) is 0. The van der Waals surface area contributed by atoms with E-state index in [1.807, 2.05) is 0 Å². The van der Waals surface area contributed by atoms with Gasteiger partial charge in [0.2, 0.25) is 0 Å². The Morgan fingerprint density at radius 2 is 1.62 bits per heavy atom. The van der Waals surface area contributed by atoms with Crippen LogP contribution in [0.1, 0.15) is 0 Å². The maximum Gasteiger partial charge on any atom is 0.169 e. The Morgan fingerprint density at radius 3 is 2.19 bits per heavy atom. The van der Waals surface area contributed by atoms with E-state index in [2.05, 4.69) is 0 Å². The fraction of sp³-hybridized carbons (Fsp3) is 0.455. The van der Waals surface area contributed by atoms with Gasteiger partial charge in [0.25, 0.3) is 0 Å². The first-order valence-electron chi connectivity index (χ1n) is 4.76. The summed E-state index contributed by atoms with van der Waals surface area (Å²) < 4.78 is 33.4. The predicted octanol–water partition coefficient (Wildman–Crippen LogP) is 1.87. The quantitative estimate of drug-likeness (QED) is 0.699. The van der Waals surface area contributed by atoms with Crippen molar-refractivity contribution >= 4 is 0 Å². The van der Waals surface area contributed by atoms with Crippen LogP contribution in [0.3, 0.4) is 0 Å². The summed E-state index contributed by atoms with van der Waals surface area (Å²) >= 11 is 0. The smallest absolute Gasteiger partial charge is 0.169 e. The number of halogens is 1. The lowest BCUT2D eigenvalue weighted by Gasteiger charge is -2.12. The zero-order valence-electron chi connectivity index (χ0n) is 9.58. The molecule has 5 heteroatoms. The molecule has 0 unspecified atom stereocenters. The highest BCUT2D eigenvalue weighted by molar-refractivity contribution is 5.46. The van der Waals surface area contributed by atoms with Gasteiger partial charge >= 0.3 is 0 Å². The molecule has 0 atom stereocenters. The summed E-state index contributed by atoms with van der Waals surface area (Å²) in [7, 11) is 4.44. The van der Waals surface area contributed by atoms with E-state index < -0.39 is 5.82 Å². The SMILES string of the molecule is COCCOc1cc(F)c(OC)cc1OC. The lowest BCUT2D eigenvalue weighted by atomic mass is 10.3. The van der Waals surface area contributed by atoms with Gasteiger partial charge in [-0.2, -0.15) is 0 Å². The van der Waals surface area contributed by atoms with Gasteiger partial charge in [0, 0.05) is 19.2 Å². The Kier molecular flexibility index (Phi) is 4.85. The third-order valence-corrected chi connectivity index (χ3v) is 1.98. The van der Waals surface area contributed by atoms with Gasteiger partial charge < -0.3 is 18.9 Å². The van der Waals surface area contributed by atoms with E-state index in [4.69, 9.17) is 18.9 Å². The lowest BCUT2D eigenvalue weighted by molar-refractivity contribution is 0.144. The topological polar surface area (TPSA) is 36.9 Å². The van der Waals surface area contributed by atoms with Crippen molar-refractivity contribution in [2.45, 2.75) is 0 Å². The molecule has 0 saturated heterocycles. The van der Waals surface area contributed by atoms with E-state index in [1.165, 1.54) is 26.4 Å². The van der Waals surface area contributed by atoms with E-state index in [-0.39, 0.29) is 5.75 Å². The highest BCUT2D eigenvalue weighted by Gasteiger charge is 2.11. The Bertz CT molecular complexity index is 341. The number of hydrogen-bond acceptors (Lipinski definition) is 4. The van der Waals surface area contributed by atoms with Crippen molar-refractivity contribution in [3.05, 3.63) is 17.9 Å². The second-order valence-corrected chi connectivity index (χ2v) is 2.98. The largest absolute Gasteiger partial charge is 0.494 e. The lowest BCUT2D eigenvalue weighted by Crippen LogP contribution is -2.05. The third-order valence-electron chi connectivity index (χ3n) is 1.98. The van der Waals surface area contributed by atoms with Crippen LogP contribution in [-0.2, 0) is 4.74 Å². The predicted molar refractivity (Wildman–Crippen MR) is 56.9 cm³/mol. The van der Waals surface area contributed by atoms with E-state index in [9.17, 15) is 4.39 Å². The molecule has 0 bridgehead atoms. The summed E-state index contributed by atoms with van der Waals surface area (Å²) in [5.74, 6) is 0.388. The zero-order valence-corrected chi connectivity index (χ0v) is 9.58. The van der Waals surface area contributed by atoms with Gasteiger partial charge in [-0.25, -0.2) is 4.39 Å². The average Bonchev–Trinajstić information content (AvgIpc) is 2.30. The maximum absolute atomic E-state index is 13.4. The molecule has 1 rings (SSSR count). The average molecular weight is 230 g/mol. The van der Waals surface area contributed by atoms with Gasteiger partial charge in [-0.15, -0.1) is 0 Å². The van der Waals surface area contributed by atoms with Gasteiger partial charge in [-0.1, -0.05) is 0 Å². The number of rotatable bonds is 6. The molecule has 0 heterocycles. The molecule has 0 N–H and O–H groups in total.